The number of hydrogen-bond acceptors (Lipinski definition) is 8. The number of nitro groups is 1. The standard InChI is InChI=1S/C20H13ClN6O2S/c21-14-7-5-13(6-8-14)19-23-26(15-9-11-16(12-10-15)27(28)29)24-25(19)20-22-17-3-1-2-4-18(17)30-20/h1-12,24H. The lowest BCUT2D eigenvalue weighted by Gasteiger charge is -2.19. The van der Waals surface area contributed by atoms with Gasteiger partial charge in [0.1, 0.15) is 0 Å². The minimum absolute atomic E-state index is 0.0166. The summed E-state index contributed by atoms with van der Waals surface area (Å²) < 4.78 is 1.05. The van der Waals surface area contributed by atoms with Crippen LogP contribution in [-0.4, -0.2) is 15.7 Å². The topological polar surface area (TPSA) is 86.9 Å². The van der Waals surface area contributed by atoms with Crippen LogP contribution >= 0.6 is 22.9 Å². The van der Waals surface area contributed by atoms with Crippen molar-refractivity contribution in [3.63, 3.8) is 0 Å². The molecule has 0 saturated carbocycles. The Morgan fingerprint density at radius 3 is 2.43 bits per heavy atom. The number of rotatable bonds is 4. The molecule has 0 spiro atoms. The smallest absolute Gasteiger partial charge is 0.258 e. The second-order valence-corrected chi connectivity index (χ2v) is 7.86. The number of fused-ring (bicyclic) bond motifs is 1. The summed E-state index contributed by atoms with van der Waals surface area (Å²) in [4.78, 5) is 15.2. The summed E-state index contributed by atoms with van der Waals surface area (Å²) in [5.74, 6) is 0.629. The number of hydrazone groups is 1. The van der Waals surface area contributed by atoms with E-state index in [1.54, 1.807) is 34.4 Å². The van der Waals surface area contributed by atoms with Gasteiger partial charge in [0.2, 0.25) is 5.13 Å². The van der Waals surface area contributed by atoms with Gasteiger partial charge in [-0.25, -0.2) is 9.99 Å². The summed E-state index contributed by atoms with van der Waals surface area (Å²) >= 11 is 7.57. The van der Waals surface area contributed by atoms with Crippen LogP contribution in [0.4, 0.5) is 16.5 Å². The first-order valence-corrected chi connectivity index (χ1v) is 10.1. The maximum atomic E-state index is 10.9. The van der Waals surface area contributed by atoms with Gasteiger partial charge in [0.25, 0.3) is 5.69 Å². The van der Waals surface area contributed by atoms with E-state index in [-0.39, 0.29) is 5.69 Å². The minimum atomic E-state index is -0.434. The first-order chi connectivity index (χ1) is 14.6. The third kappa shape index (κ3) is 3.35. The number of hydrazine groups is 2. The van der Waals surface area contributed by atoms with Crippen molar-refractivity contribution in [2.75, 3.05) is 10.1 Å². The molecule has 10 heteroatoms. The fourth-order valence-corrected chi connectivity index (χ4v) is 4.06. The van der Waals surface area contributed by atoms with Crippen molar-refractivity contribution in [2.24, 2.45) is 5.10 Å². The number of thiazole rings is 1. The third-order valence-corrected chi connectivity index (χ3v) is 5.76. The molecule has 0 saturated heterocycles. The van der Waals surface area contributed by atoms with Crippen molar-refractivity contribution in [1.82, 2.24) is 10.5 Å². The molecule has 3 aromatic carbocycles. The average molecular weight is 437 g/mol. The van der Waals surface area contributed by atoms with Crippen molar-refractivity contribution in [2.45, 2.75) is 0 Å². The Kier molecular flexibility index (Phi) is 4.55. The highest BCUT2D eigenvalue weighted by Gasteiger charge is 2.29. The Hall–Kier alpha value is -3.53. The lowest BCUT2D eigenvalue weighted by atomic mass is 10.2. The summed E-state index contributed by atoms with van der Waals surface area (Å²) in [6, 6.07) is 21.4. The van der Waals surface area contributed by atoms with Crippen LogP contribution in [0.2, 0.25) is 5.02 Å². The largest absolute Gasteiger partial charge is 0.269 e. The Labute approximate surface area is 179 Å². The minimum Gasteiger partial charge on any atom is -0.258 e. The van der Waals surface area contributed by atoms with Crippen LogP contribution in [0.3, 0.4) is 0 Å². The van der Waals surface area contributed by atoms with Gasteiger partial charge in [-0.15, -0.1) is 10.6 Å². The number of anilines is 2. The molecule has 4 aromatic rings. The van der Waals surface area contributed by atoms with Crippen molar-refractivity contribution >= 4 is 55.5 Å². The normalized spacial score (nSPS) is 13.7. The summed E-state index contributed by atoms with van der Waals surface area (Å²) in [7, 11) is 0. The van der Waals surface area contributed by atoms with E-state index in [0.717, 1.165) is 15.8 Å². The van der Waals surface area contributed by atoms with Crippen LogP contribution in [0.25, 0.3) is 10.2 Å². The molecule has 0 fully saturated rings. The number of benzene rings is 3. The zero-order chi connectivity index (χ0) is 20.7. The van der Waals surface area contributed by atoms with E-state index in [1.807, 2.05) is 36.4 Å². The Morgan fingerprint density at radius 1 is 1.00 bits per heavy atom. The highest BCUT2D eigenvalue weighted by molar-refractivity contribution is 7.22. The third-order valence-electron chi connectivity index (χ3n) is 4.48. The molecule has 8 nitrogen and oxygen atoms in total. The number of nitro benzene ring substituents is 1. The number of hydrogen-bond donors (Lipinski definition) is 1. The van der Waals surface area contributed by atoms with Gasteiger partial charge in [0, 0.05) is 22.7 Å². The van der Waals surface area contributed by atoms with E-state index >= 15 is 0 Å². The van der Waals surface area contributed by atoms with E-state index in [0.29, 0.717) is 21.7 Å². The molecule has 148 valence electrons. The molecule has 0 radical (unpaired) electrons. The lowest BCUT2D eigenvalue weighted by molar-refractivity contribution is -0.384. The van der Waals surface area contributed by atoms with Gasteiger partial charge in [0.15, 0.2) is 5.84 Å². The van der Waals surface area contributed by atoms with Gasteiger partial charge in [-0.2, -0.15) is 5.12 Å². The number of amidine groups is 1. The highest BCUT2D eigenvalue weighted by Crippen LogP contribution is 2.32. The van der Waals surface area contributed by atoms with Gasteiger partial charge in [0.05, 0.1) is 20.8 Å². The molecular weight excluding hydrogens is 424 g/mol. The molecule has 0 atom stereocenters. The summed E-state index contributed by atoms with van der Waals surface area (Å²) in [6.07, 6.45) is 0. The van der Waals surface area contributed by atoms with Crippen molar-refractivity contribution in [3.8, 4) is 0 Å². The zero-order valence-electron chi connectivity index (χ0n) is 15.3. The van der Waals surface area contributed by atoms with Crippen LogP contribution in [0.5, 0.6) is 0 Å². The monoisotopic (exact) mass is 436 g/mol. The molecule has 1 N–H and O–H groups in total. The van der Waals surface area contributed by atoms with Crippen molar-refractivity contribution < 1.29 is 4.92 Å². The number of aromatic nitrogens is 1. The fourth-order valence-electron chi connectivity index (χ4n) is 3.01. The second-order valence-electron chi connectivity index (χ2n) is 6.42. The van der Waals surface area contributed by atoms with Gasteiger partial charge in [-0.1, -0.05) is 35.1 Å². The van der Waals surface area contributed by atoms with E-state index in [2.05, 4.69) is 10.6 Å². The number of nitrogens with zero attached hydrogens (tertiary/aromatic N) is 5. The van der Waals surface area contributed by atoms with Gasteiger partial charge >= 0.3 is 0 Å². The van der Waals surface area contributed by atoms with Crippen LogP contribution in [0.15, 0.2) is 77.9 Å². The molecule has 1 aliphatic rings. The molecule has 30 heavy (non-hydrogen) atoms. The van der Waals surface area contributed by atoms with Gasteiger partial charge in [-0.05, 0) is 48.5 Å². The Balaban J connectivity index is 1.56. The fraction of sp³-hybridized carbons (Fsp3) is 0. The van der Waals surface area contributed by atoms with Crippen LogP contribution in [-0.2, 0) is 0 Å². The van der Waals surface area contributed by atoms with Crippen molar-refractivity contribution in [1.29, 1.82) is 0 Å². The predicted octanol–water partition coefficient (Wildman–Crippen LogP) is 4.97. The number of para-hydroxylation sites is 1. The second kappa shape index (κ2) is 7.38. The van der Waals surface area contributed by atoms with Crippen LogP contribution < -0.4 is 15.7 Å². The Morgan fingerprint density at radius 2 is 1.73 bits per heavy atom. The first-order valence-electron chi connectivity index (χ1n) is 8.89. The summed E-state index contributed by atoms with van der Waals surface area (Å²) in [6.45, 7) is 0. The van der Waals surface area contributed by atoms with Crippen LogP contribution in [0, 0.1) is 10.1 Å². The quantitative estimate of drug-likeness (QED) is 0.359. The molecule has 1 aromatic heterocycles. The lowest BCUT2D eigenvalue weighted by Crippen LogP contribution is -2.43. The molecule has 2 heterocycles. The van der Waals surface area contributed by atoms with E-state index in [4.69, 9.17) is 16.6 Å². The maximum Gasteiger partial charge on any atom is 0.269 e. The molecule has 0 amide bonds. The number of halogens is 1. The Bertz CT molecular complexity index is 1240. The van der Waals surface area contributed by atoms with E-state index < -0.39 is 4.92 Å². The molecule has 5 rings (SSSR count). The van der Waals surface area contributed by atoms with Gasteiger partial charge < -0.3 is 0 Å². The van der Waals surface area contributed by atoms with Crippen LogP contribution in [0.1, 0.15) is 5.56 Å². The number of non-ortho nitro benzene ring substituents is 1. The average Bonchev–Trinajstić information content (AvgIpc) is 3.39. The molecular formula is C20H13ClN6O2S. The summed E-state index contributed by atoms with van der Waals surface area (Å²) in [5, 5.41) is 20.3. The summed E-state index contributed by atoms with van der Waals surface area (Å²) in [5.41, 5.74) is 5.61. The predicted molar refractivity (Wildman–Crippen MR) is 119 cm³/mol. The molecule has 0 bridgehead atoms. The van der Waals surface area contributed by atoms with Crippen molar-refractivity contribution in [3.05, 3.63) is 93.5 Å². The highest BCUT2D eigenvalue weighted by atomic mass is 35.5. The van der Waals surface area contributed by atoms with E-state index in [1.165, 1.54) is 23.5 Å². The number of nitrogens with one attached hydrogen (secondary N) is 1. The maximum absolute atomic E-state index is 10.9. The first kappa shape index (κ1) is 18.5. The van der Waals surface area contributed by atoms with E-state index in [9.17, 15) is 10.1 Å². The SMILES string of the molecule is O=[N+]([O-])c1ccc(N2N=C(c3ccc(Cl)cc3)N(c3nc4ccccc4s3)N2)cc1. The molecule has 1 aliphatic heterocycles. The molecule has 0 unspecified atom stereocenters. The zero-order valence-corrected chi connectivity index (χ0v) is 16.8. The van der Waals surface area contributed by atoms with Gasteiger partial charge in [-0.3, -0.25) is 10.1 Å². The molecule has 0 aliphatic carbocycles.